The predicted octanol–water partition coefficient (Wildman–Crippen LogP) is 1.60. The average Bonchev–Trinajstić information content (AvgIpc) is 3.40. The molecule has 5 heteroatoms. The molecule has 5 nitrogen and oxygen atoms in total. The minimum absolute atomic E-state index is 0.138. The molecular weight excluding hydrogens is 288 g/mol. The molecule has 1 aromatic rings. The molecule has 1 saturated carbocycles. The standard InChI is InChI=1S/C18H20N4O/c1-11-4-5-19-10-15(11)16-6-13-9-21-17(7-14(13)8-20-16)22-18(23)12-2-3-12/h4-7,10,12,20-21H,2-3,8-9H2,1H3,(H,22,23). The van der Waals surface area contributed by atoms with Gasteiger partial charge in [-0.2, -0.15) is 0 Å². The second-order valence-corrected chi connectivity index (χ2v) is 6.33. The number of rotatable bonds is 3. The van der Waals surface area contributed by atoms with E-state index in [1.807, 2.05) is 24.5 Å². The van der Waals surface area contributed by atoms with E-state index in [1.54, 1.807) is 0 Å². The first-order valence-corrected chi connectivity index (χ1v) is 8.06. The molecule has 0 aromatic carbocycles. The van der Waals surface area contributed by atoms with Crippen LogP contribution >= 0.6 is 0 Å². The Morgan fingerprint density at radius 3 is 2.78 bits per heavy atom. The molecule has 0 unspecified atom stereocenters. The summed E-state index contributed by atoms with van der Waals surface area (Å²) >= 11 is 0. The van der Waals surface area contributed by atoms with Crippen LogP contribution < -0.4 is 16.0 Å². The molecule has 1 aromatic heterocycles. The number of nitrogens with zero attached hydrogens (tertiary/aromatic N) is 1. The fourth-order valence-electron chi connectivity index (χ4n) is 2.93. The summed E-state index contributed by atoms with van der Waals surface area (Å²) in [6, 6.07) is 2.02. The lowest BCUT2D eigenvalue weighted by Crippen LogP contribution is -2.37. The van der Waals surface area contributed by atoms with Gasteiger partial charge in [-0.05, 0) is 54.7 Å². The third-order valence-electron chi connectivity index (χ3n) is 4.52. The van der Waals surface area contributed by atoms with E-state index in [0.29, 0.717) is 0 Å². The lowest BCUT2D eigenvalue weighted by atomic mass is 9.97. The Balaban J connectivity index is 1.56. The summed E-state index contributed by atoms with van der Waals surface area (Å²) in [6.45, 7) is 3.59. The Kier molecular flexibility index (Phi) is 3.41. The van der Waals surface area contributed by atoms with Gasteiger partial charge in [0.2, 0.25) is 5.91 Å². The van der Waals surface area contributed by atoms with Gasteiger partial charge in [0.1, 0.15) is 5.82 Å². The van der Waals surface area contributed by atoms with Crippen LogP contribution in [0.5, 0.6) is 0 Å². The molecule has 0 bridgehead atoms. The number of hydrogen-bond donors (Lipinski definition) is 3. The molecule has 3 heterocycles. The molecular formula is C18H20N4O. The van der Waals surface area contributed by atoms with Crippen molar-refractivity contribution in [2.24, 2.45) is 5.92 Å². The predicted molar refractivity (Wildman–Crippen MR) is 88.9 cm³/mol. The number of aryl methyl sites for hydroxylation is 1. The zero-order chi connectivity index (χ0) is 15.8. The van der Waals surface area contributed by atoms with Crippen LogP contribution in [0.1, 0.15) is 24.0 Å². The Bertz CT molecular complexity index is 756. The quantitative estimate of drug-likeness (QED) is 0.793. The monoisotopic (exact) mass is 308 g/mol. The number of carbonyl (C=O) groups is 1. The van der Waals surface area contributed by atoms with Gasteiger partial charge >= 0.3 is 0 Å². The van der Waals surface area contributed by atoms with E-state index in [1.165, 1.54) is 16.7 Å². The Labute approximate surface area is 135 Å². The summed E-state index contributed by atoms with van der Waals surface area (Å²) in [5, 5.41) is 9.75. The molecule has 3 N–H and O–H groups in total. The minimum atomic E-state index is 0.138. The zero-order valence-electron chi connectivity index (χ0n) is 13.1. The Hall–Kier alpha value is -2.56. The number of aromatic nitrogens is 1. The van der Waals surface area contributed by atoms with Gasteiger partial charge in [-0.15, -0.1) is 0 Å². The van der Waals surface area contributed by atoms with Crippen molar-refractivity contribution in [3.8, 4) is 0 Å². The fourth-order valence-corrected chi connectivity index (χ4v) is 2.93. The molecule has 4 rings (SSSR count). The van der Waals surface area contributed by atoms with Crippen LogP contribution in [0.25, 0.3) is 5.70 Å². The number of hydrogen-bond acceptors (Lipinski definition) is 4. The van der Waals surface area contributed by atoms with Crippen molar-refractivity contribution >= 4 is 11.6 Å². The summed E-state index contributed by atoms with van der Waals surface area (Å²) in [5.41, 5.74) is 5.93. The van der Waals surface area contributed by atoms with Crippen LogP contribution in [0.3, 0.4) is 0 Å². The van der Waals surface area contributed by atoms with Gasteiger partial charge in [0.15, 0.2) is 0 Å². The first-order chi connectivity index (χ1) is 11.2. The molecule has 2 aliphatic heterocycles. The SMILES string of the molecule is Cc1ccncc1C1=CC2=C(C=C(NC(=O)C3CC3)NC2)CN1. The molecule has 23 heavy (non-hydrogen) atoms. The van der Waals surface area contributed by atoms with Gasteiger partial charge in [0, 0.05) is 42.7 Å². The largest absolute Gasteiger partial charge is 0.380 e. The number of nitrogens with one attached hydrogen (secondary N) is 3. The topological polar surface area (TPSA) is 66.0 Å². The lowest BCUT2D eigenvalue weighted by Gasteiger charge is -2.26. The highest BCUT2D eigenvalue weighted by Gasteiger charge is 2.30. The normalized spacial score (nSPS) is 19.9. The van der Waals surface area contributed by atoms with Crippen molar-refractivity contribution < 1.29 is 4.79 Å². The van der Waals surface area contributed by atoms with Gasteiger partial charge in [-0.25, -0.2) is 0 Å². The van der Waals surface area contributed by atoms with Crippen LogP contribution in [0.4, 0.5) is 0 Å². The maximum atomic E-state index is 11.9. The van der Waals surface area contributed by atoms with Gasteiger partial charge < -0.3 is 16.0 Å². The van der Waals surface area contributed by atoms with Gasteiger partial charge in [-0.1, -0.05) is 0 Å². The lowest BCUT2D eigenvalue weighted by molar-refractivity contribution is -0.121. The number of carbonyl (C=O) groups excluding carboxylic acids is 1. The molecule has 0 saturated heterocycles. The molecule has 0 atom stereocenters. The molecule has 118 valence electrons. The molecule has 1 amide bonds. The maximum absolute atomic E-state index is 11.9. The Morgan fingerprint density at radius 2 is 2.00 bits per heavy atom. The molecule has 3 aliphatic rings. The Morgan fingerprint density at radius 1 is 1.22 bits per heavy atom. The van der Waals surface area contributed by atoms with E-state index in [2.05, 4.69) is 33.9 Å². The van der Waals surface area contributed by atoms with Gasteiger partial charge in [0.05, 0.1) is 0 Å². The van der Waals surface area contributed by atoms with Crippen molar-refractivity contribution in [2.45, 2.75) is 19.8 Å². The van der Waals surface area contributed by atoms with Crippen LogP contribution in [0, 0.1) is 12.8 Å². The van der Waals surface area contributed by atoms with Crippen molar-refractivity contribution in [2.75, 3.05) is 13.1 Å². The summed E-state index contributed by atoms with van der Waals surface area (Å²) in [7, 11) is 0. The number of pyridine rings is 1. The van der Waals surface area contributed by atoms with E-state index < -0.39 is 0 Å². The first kappa shape index (κ1) is 14.1. The fraction of sp³-hybridized carbons (Fsp3) is 0.333. The smallest absolute Gasteiger partial charge is 0.228 e. The molecule has 0 spiro atoms. The molecule has 0 radical (unpaired) electrons. The minimum Gasteiger partial charge on any atom is -0.380 e. The maximum Gasteiger partial charge on any atom is 0.228 e. The van der Waals surface area contributed by atoms with E-state index in [9.17, 15) is 4.79 Å². The second kappa shape index (κ2) is 5.57. The highest BCUT2D eigenvalue weighted by Crippen LogP contribution is 2.29. The summed E-state index contributed by atoms with van der Waals surface area (Å²) in [6.07, 6.45) is 9.96. The summed E-state index contributed by atoms with van der Waals surface area (Å²) < 4.78 is 0. The third-order valence-corrected chi connectivity index (χ3v) is 4.52. The first-order valence-electron chi connectivity index (χ1n) is 8.06. The zero-order valence-corrected chi connectivity index (χ0v) is 13.1. The van der Waals surface area contributed by atoms with Crippen LogP contribution in [-0.4, -0.2) is 24.0 Å². The average molecular weight is 308 g/mol. The van der Waals surface area contributed by atoms with Crippen molar-refractivity contribution in [1.82, 2.24) is 20.9 Å². The number of amides is 1. The van der Waals surface area contributed by atoms with Crippen molar-refractivity contribution in [3.05, 3.63) is 58.7 Å². The molecule has 1 fully saturated rings. The van der Waals surface area contributed by atoms with E-state index in [-0.39, 0.29) is 11.8 Å². The van der Waals surface area contributed by atoms with E-state index >= 15 is 0 Å². The van der Waals surface area contributed by atoms with Gasteiger partial charge in [0.25, 0.3) is 0 Å². The summed E-state index contributed by atoms with van der Waals surface area (Å²) in [4.78, 5) is 16.1. The number of dihydropyridines is 2. The highest BCUT2D eigenvalue weighted by molar-refractivity contribution is 5.82. The second-order valence-electron chi connectivity index (χ2n) is 6.33. The van der Waals surface area contributed by atoms with Gasteiger partial charge in [-0.3, -0.25) is 9.78 Å². The molecule has 1 aliphatic carbocycles. The van der Waals surface area contributed by atoms with E-state index in [4.69, 9.17) is 0 Å². The highest BCUT2D eigenvalue weighted by atomic mass is 16.2. The van der Waals surface area contributed by atoms with Crippen LogP contribution in [0.15, 0.2) is 47.6 Å². The van der Waals surface area contributed by atoms with Crippen LogP contribution in [-0.2, 0) is 4.79 Å². The third kappa shape index (κ3) is 2.86. The van der Waals surface area contributed by atoms with Crippen molar-refractivity contribution in [1.29, 1.82) is 0 Å². The summed E-state index contributed by atoms with van der Waals surface area (Å²) in [5.74, 6) is 1.17. The van der Waals surface area contributed by atoms with Crippen molar-refractivity contribution in [3.63, 3.8) is 0 Å². The van der Waals surface area contributed by atoms with Crippen LogP contribution in [0.2, 0.25) is 0 Å². The van der Waals surface area contributed by atoms with E-state index in [0.717, 1.165) is 43.0 Å².